The van der Waals surface area contributed by atoms with Gasteiger partial charge in [0.25, 0.3) is 0 Å². The van der Waals surface area contributed by atoms with Gasteiger partial charge in [-0.1, -0.05) is 19.8 Å². The van der Waals surface area contributed by atoms with Crippen molar-refractivity contribution in [3.8, 4) is 0 Å². The highest BCUT2D eigenvalue weighted by atomic mass is 16.5. The Morgan fingerprint density at radius 3 is 2.46 bits per heavy atom. The van der Waals surface area contributed by atoms with Gasteiger partial charge in [0.05, 0.1) is 0 Å². The van der Waals surface area contributed by atoms with Crippen molar-refractivity contribution in [1.82, 2.24) is 4.90 Å². The van der Waals surface area contributed by atoms with Crippen molar-refractivity contribution in [2.24, 2.45) is 0 Å². The number of ether oxygens (including phenoxy) is 1. The molecule has 1 rings (SSSR count). The molecule has 1 atom stereocenters. The van der Waals surface area contributed by atoms with Crippen molar-refractivity contribution in [2.45, 2.75) is 51.7 Å². The number of rotatable bonds is 5. The third-order valence-corrected chi connectivity index (χ3v) is 2.87. The number of hydrogen-bond donors (Lipinski definition) is 0. The molecule has 0 N–H and O–H groups in total. The normalized spacial score (nSPS) is 21.7. The van der Waals surface area contributed by atoms with Gasteiger partial charge >= 0.3 is 0 Å². The summed E-state index contributed by atoms with van der Waals surface area (Å²) < 4.78 is 5.52. The minimum absolute atomic E-state index is 0.389. The van der Waals surface area contributed by atoms with E-state index in [2.05, 4.69) is 11.8 Å². The minimum Gasteiger partial charge on any atom is -0.366 e. The molecule has 1 heterocycles. The average molecular weight is 185 g/mol. The Hall–Kier alpha value is -0.0800. The summed E-state index contributed by atoms with van der Waals surface area (Å²) in [6.07, 6.45) is 8.26. The van der Waals surface area contributed by atoms with Crippen molar-refractivity contribution in [3.05, 3.63) is 0 Å². The van der Waals surface area contributed by atoms with E-state index in [1.165, 1.54) is 51.6 Å². The lowest BCUT2D eigenvalue weighted by molar-refractivity contribution is -0.0470. The molecule has 1 saturated heterocycles. The van der Waals surface area contributed by atoms with Crippen LogP contribution in [0.1, 0.15) is 45.4 Å². The largest absolute Gasteiger partial charge is 0.366 e. The monoisotopic (exact) mass is 185 g/mol. The fourth-order valence-electron chi connectivity index (χ4n) is 2.03. The van der Waals surface area contributed by atoms with E-state index in [4.69, 9.17) is 4.74 Å². The molecule has 0 aromatic carbocycles. The first kappa shape index (κ1) is 11.0. The molecule has 2 nitrogen and oxygen atoms in total. The molecule has 0 spiro atoms. The quantitative estimate of drug-likeness (QED) is 0.653. The van der Waals surface area contributed by atoms with Gasteiger partial charge in [-0.25, -0.2) is 0 Å². The van der Waals surface area contributed by atoms with E-state index < -0.39 is 0 Å². The summed E-state index contributed by atoms with van der Waals surface area (Å²) in [5, 5.41) is 0. The van der Waals surface area contributed by atoms with Crippen LogP contribution >= 0.6 is 0 Å². The smallest absolute Gasteiger partial charge is 0.110 e. The first-order valence-electron chi connectivity index (χ1n) is 5.65. The van der Waals surface area contributed by atoms with Crippen molar-refractivity contribution >= 4 is 0 Å². The third kappa shape index (κ3) is 3.65. The number of nitrogens with zero attached hydrogens (tertiary/aromatic N) is 1. The summed E-state index contributed by atoms with van der Waals surface area (Å²) in [4.78, 5) is 2.50. The Bertz CT molecular complexity index is 121. The molecule has 0 radical (unpaired) electrons. The van der Waals surface area contributed by atoms with Crippen molar-refractivity contribution in [3.63, 3.8) is 0 Å². The van der Waals surface area contributed by atoms with Gasteiger partial charge in [-0.2, -0.15) is 0 Å². The molecule has 1 aliphatic heterocycles. The van der Waals surface area contributed by atoms with Gasteiger partial charge in [0.2, 0.25) is 0 Å². The Kier molecular flexibility index (Phi) is 5.40. The average Bonchev–Trinajstić information content (AvgIpc) is 2.21. The topological polar surface area (TPSA) is 12.5 Å². The third-order valence-electron chi connectivity index (χ3n) is 2.87. The van der Waals surface area contributed by atoms with Crippen LogP contribution in [0.2, 0.25) is 0 Å². The fraction of sp³-hybridized carbons (Fsp3) is 1.00. The maximum Gasteiger partial charge on any atom is 0.110 e. The van der Waals surface area contributed by atoms with Gasteiger partial charge in [0.1, 0.15) is 6.23 Å². The second-order valence-electron chi connectivity index (χ2n) is 3.93. The maximum atomic E-state index is 5.52. The van der Waals surface area contributed by atoms with Gasteiger partial charge < -0.3 is 4.74 Å². The molecule has 0 amide bonds. The zero-order valence-electron chi connectivity index (χ0n) is 9.09. The lowest BCUT2D eigenvalue weighted by Gasteiger charge is -2.33. The molecular weight excluding hydrogens is 162 g/mol. The van der Waals surface area contributed by atoms with Gasteiger partial charge in [-0.15, -0.1) is 0 Å². The molecule has 0 aromatic rings. The highest BCUT2D eigenvalue weighted by Gasteiger charge is 2.18. The number of methoxy groups -OCH3 is 1. The molecule has 0 saturated carbocycles. The van der Waals surface area contributed by atoms with Crippen LogP contribution in [0.15, 0.2) is 0 Å². The van der Waals surface area contributed by atoms with Gasteiger partial charge in [0.15, 0.2) is 0 Å². The number of unbranched alkanes of at least 4 members (excludes halogenated alkanes) is 1. The van der Waals surface area contributed by atoms with Crippen LogP contribution in [-0.2, 0) is 4.74 Å². The SMILES string of the molecule is CCCCC(OC)N1CCCCC1. The van der Waals surface area contributed by atoms with E-state index in [9.17, 15) is 0 Å². The summed E-state index contributed by atoms with van der Waals surface area (Å²) in [6, 6.07) is 0. The maximum absolute atomic E-state index is 5.52. The molecule has 13 heavy (non-hydrogen) atoms. The molecule has 2 heteroatoms. The Morgan fingerprint density at radius 2 is 1.92 bits per heavy atom. The predicted octanol–water partition coefficient (Wildman–Crippen LogP) is 2.64. The Labute approximate surface area is 82.3 Å². The van der Waals surface area contributed by atoms with Gasteiger partial charge in [-0.3, -0.25) is 4.90 Å². The second kappa shape index (κ2) is 6.39. The zero-order valence-corrected chi connectivity index (χ0v) is 9.09. The zero-order chi connectivity index (χ0) is 9.52. The van der Waals surface area contributed by atoms with Crippen LogP contribution in [0.3, 0.4) is 0 Å². The number of likely N-dealkylation sites (tertiary alicyclic amines) is 1. The predicted molar refractivity (Wildman–Crippen MR) is 55.7 cm³/mol. The van der Waals surface area contributed by atoms with Gasteiger partial charge in [-0.05, 0) is 25.7 Å². The minimum atomic E-state index is 0.389. The molecule has 1 fully saturated rings. The molecule has 78 valence electrons. The highest BCUT2D eigenvalue weighted by molar-refractivity contribution is 4.68. The number of piperidine rings is 1. The highest BCUT2D eigenvalue weighted by Crippen LogP contribution is 2.16. The van der Waals surface area contributed by atoms with Crippen LogP contribution < -0.4 is 0 Å². The molecule has 1 aliphatic rings. The van der Waals surface area contributed by atoms with Gasteiger partial charge in [0, 0.05) is 20.2 Å². The van der Waals surface area contributed by atoms with Crippen molar-refractivity contribution in [2.75, 3.05) is 20.2 Å². The molecule has 1 unspecified atom stereocenters. The fourth-order valence-corrected chi connectivity index (χ4v) is 2.03. The van der Waals surface area contributed by atoms with E-state index in [0.29, 0.717) is 6.23 Å². The summed E-state index contributed by atoms with van der Waals surface area (Å²) >= 11 is 0. The standard InChI is InChI=1S/C11H23NO/c1-3-4-8-11(13-2)12-9-6-5-7-10-12/h11H,3-10H2,1-2H3. The van der Waals surface area contributed by atoms with Crippen molar-refractivity contribution in [1.29, 1.82) is 0 Å². The number of hydrogen-bond acceptors (Lipinski definition) is 2. The van der Waals surface area contributed by atoms with E-state index in [-0.39, 0.29) is 0 Å². The molecule has 0 aromatic heterocycles. The van der Waals surface area contributed by atoms with Crippen molar-refractivity contribution < 1.29 is 4.74 Å². The second-order valence-corrected chi connectivity index (χ2v) is 3.93. The van der Waals surface area contributed by atoms with E-state index in [1.54, 1.807) is 0 Å². The first-order valence-corrected chi connectivity index (χ1v) is 5.65. The first-order chi connectivity index (χ1) is 6.38. The van der Waals surface area contributed by atoms with Crippen LogP contribution in [0.25, 0.3) is 0 Å². The van der Waals surface area contributed by atoms with E-state index >= 15 is 0 Å². The summed E-state index contributed by atoms with van der Waals surface area (Å²) in [7, 11) is 1.84. The lowest BCUT2D eigenvalue weighted by atomic mass is 10.1. The van der Waals surface area contributed by atoms with E-state index in [0.717, 1.165) is 0 Å². The summed E-state index contributed by atoms with van der Waals surface area (Å²) in [5.41, 5.74) is 0. The van der Waals surface area contributed by atoms with Crippen LogP contribution in [0.5, 0.6) is 0 Å². The van der Waals surface area contributed by atoms with Crippen LogP contribution in [0, 0.1) is 0 Å². The van der Waals surface area contributed by atoms with Crippen LogP contribution in [-0.4, -0.2) is 31.3 Å². The van der Waals surface area contributed by atoms with Crippen LogP contribution in [0.4, 0.5) is 0 Å². The Morgan fingerprint density at radius 1 is 1.23 bits per heavy atom. The molecular formula is C11H23NO. The summed E-state index contributed by atoms with van der Waals surface area (Å²) in [6.45, 7) is 4.72. The Balaban J connectivity index is 2.26. The lowest BCUT2D eigenvalue weighted by Crippen LogP contribution is -2.40. The summed E-state index contributed by atoms with van der Waals surface area (Å²) in [5.74, 6) is 0. The molecule has 0 aliphatic carbocycles. The molecule has 0 bridgehead atoms. The van der Waals surface area contributed by atoms with E-state index in [1.807, 2.05) is 7.11 Å².